The Labute approximate surface area is 307 Å². The highest BCUT2D eigenvalue weighted by molar-refractivity contribution is 7.47. The molecule has 4 N–H and O–H groups in total. The first-order valence-electron chi connectivity index (χ1n) is 19.2. The Morgan fingerprint density at radius 3 is 1.65 bits per heavy atom. The number of allylic oxidation sites excluding steroid dienone is 8. The van der Waals surface area contributed by atoms with Crippen LogP contribution in [0.5, 0.6) is 0 Å². The van der Waals surface area contributed by atoms with Crippen molar-refractivity contribution in [3.8, 4) is 0 Å². The van der Waals surface area contributed by atoms with Gasteiger partial charge in [0.1, 0.15) is 12.6 Å². The molecule has 294 valence electrons. The van der Waals surface area contributed by atoms with Gasteiger partial charge < -0.3 is 25.2 Å². The molecule has 0 saturated carbocycles. The number of esters is 2. The Morgan fingerprint density at radius 1 is 0.627 bits per heavy atom. The van der Waals surface area contributed by atoms with Crippen molar-refractivity contribution >= 4 is 25.7 Å². The number of carboxylic acid groups (broad SMARTS) is 1. The molecule has 0 fully saturated rings. The second-order valence-corrected chi connectivity index (χ2v) is 14.1. The highest BCUT2D eigenvalue weighted by Gasteiger charge is 2.28. The summed E-state index contributed by atoms with van der Waals surface area (Å²) in [6, 6.07) is -1.53. The van der Waals surface area contributed by atoms with Crippen LogP contribution in [0.2, 0.25) is 0 Å². The zero-order valence-electron chi connectivity index (χ0n) is 31.4. The van der Waals surface area contributed by atoms with Gasteiger partial charge in [-0.2, -0.15) is 0 Å². The average molecular weight is 742 g/mol. The molecule has 0 rings (SSSR count). The van der Waals surface area contributed by atoms with Gasteiger partial charge in [-0.25, -0.2) is 4.57 Å². The molecule has 11 nitrogen and oxygen atoms in total. The summed E-state index contributed by atoms with van der Waals surface area (Å²) in [5, 5.41) is 8.86. The maximum atomic E-state index is 12.5. The zero-order chi connectivity index (χ0) is 37.8. The van der Waals surface area contributed by atoms with Crippen molar-refractivity contribution in [2.24, 2.45) is 5.73 Å². The van der Waals surface area contributed by atoms with E-state index < -0.39 is 51.1 Å². The molecule has 0 aromatic rings. The van der Waals surface area contributed by atoms with E-state index in [2.05, 4.69) is 67.0 Å². The van der Waals surface area contributed by atoms with E-state index in [0.29, 0.717) is 12.8 Å². The van der Waals surface area contributed by atoms with Gasteiger partial charge in [0, 0.05) is 12.8 Å². The van der Waals surface area contributed by atoms with E-state index in [0.717, 1.165) is 57.8 Å². The number of phosphoric acid groups is 1. The summed E-state index contributed by atoms with van der Waals surface area (Å²) in [6.45, 7) is 2.62. The summed E-state index contributed by atoms with van der Waals surface area (Å²) in [6.07, 6.45) is 36.1. The number of ether oxygens (including phenoxy) is 2. The van der Waals surface area contributed by atoms with Gasteiger partial charge >= 0.3 is 25.7 Å². The van der Waals surface area contributed by atoms with Crippen LogP contribution in [0.1, 0.15) is 149 Å². The van der Waals surface area contributed by atoms with Crippen LogP contribution in [0.25, 0.3) is 0 Å². The van der Waals surface area contributed by atoms with Crippen molar-refractivity contribution in [1.29, 1.82) is 0 Å². The standard InChI is InChI=1S/C39H68NO10P/c1-3-5-7-9-11-13-15-17-18-19-21-23-25-27-29-31-38(42)50-35(33-48-51(45,46)49-34-36(40)39(43)44)32-47-37(41)30-28-26-24-22-20-16-14-12-10-8-6-4-2/h5,7,11,13,17-18,21,23,35-36H,3-4,6,8-10,12,14-16,19-20,22,24-34,40H2,1-2H3,(H,43,44)(H,45,46)/b7-5+,13-11+,18-17+,23-21+/t35-,36+/m1/s1. The van der Waals surface area contributed by atoms with E-state index in [4.69, 9.17) is 24.8 Å². The van der Waals surface area contributed by atoms with Gasteiger partial charge in [0.05, 0.1) is 13.2 Å². The fourth-order valence-electron chi connectivity index (χ4n) is 4.82. The van der Waals surface area contributed by atoms with Crippen LogP contribution in [0.15, 0.2) is 48.6 Å². The van der Waals surface area contributed by atoms with E-state index in [1.807, 2.05) is 0 Å². The van der Waals surface area contributed by atoms with E-state index in [1.54, 1.807) is 0 Å². The lowest BCUT2D eigenvalue weighted by Crippen LogP contribution is -2.34. The molecule has 0 bridgehead atoms. The van der Waals surface area contributed by atoms with Gasteiger partial charge in [0.25, 0.3) is 0 Å². The molecule has 0 aromatic heterocycles. The molecule has 0 amide bonds. The second-order valence-electron chi connectivity index (χ2n) is 12.7. The van der Waals surface area contributed by atoms with Crippen molar-refractivity contribution in [3.63, 3.8) is 0 Å². The van der Waals surface area contributed by atoms with Crippen molar-refractivity contribution < 1.29 is 47.5 Å². The minimum atomic E-state index is -4.72. The number of nitrogens with two attached hydrogens (primary N) is 1. The number of hydrogen-bond acceptors (Lipinski definition) is 9. The molecule has 0 aliphatic carbocycles. The van der Waals surface area contributed by atoms with Crippen LogP contribution in [0, 0.1) is 0 Å². The monoisotopic (exact) mass is 741 g/mol. The predicted molar refractivity (Wildman–Crippen MR) is 203 cm³/mol. The number of carboxylic acids is 1. The minimum absolute atomic E-state index is 0.109. The molecule has 0 radical (unpaired) electrons. The lowest BCUT2D eigenvalue weighted by atomic mass is 10.0. The van der Waals surface area contributed by atoms with Crippen molar-refractivity contribution in [2.45, 2.75) is 161 Å². The first-order valence-corrected chi connectivity index (χ1v) is 20.7. The SMILES string of the molecule is CC/C=C/C/C=C/C/C=C/C/C=C/CCCCC(=O)O[C@H](COC(=O)CCCCCCCCCCCCCC)COP(=O)(O)OC[C@H](N)C(=O)O. The van der Waals surface area contributed by atoms with Crippen LogP contribution >= 0.6 is 7.82 Å². The van der Waals surface area contributed by atoms with E-state index in [9.17, 15) is 23.8 Å². The molecule has 3 atom stereocenters. The summed E-state index contributed by atoms with van der Waals surface area (Å²) in [7, 11) is -4.72. The van der Waals surface area contributed by atoms with E-state index in [1.165, 1.54) is 51.4 Å². The Morgan fingerprint density at radius 2 is 1.10 bits per heavy atom. The van der Waals surface area contributed by atoms with E-state index >= 15 is 0 Å². The summed E-state index contributed by atoms with van der Waals surface area (Å²) in [5.41, 5.74) is 5.31. The van der Waals surface area contributed by atoms with Crippen LogP contribution in [0.4, 0.5) is 0 Å². The Bertz CT molecular complexity index is 1060. The number of unbranched alkanes of at least 4 members (excludes halogenated alkanes) is 13. The Kier molecular flexibility index (Phi) is 32.8. The number of carbonyl (C=O) groups is 3. The number of hydrogen-bond donors (Lipinski definition) is 3. The molecule has 1 unspecified atom stereocenters. The number of carbonyl (C=O) groups excluding carboxylic acids is 2. The Balaban J connectivity index is 4.52. The largest absolute Gasteiger partial charge is 0.480 e. The van der Waals surface area contributed by atoms with Gasteiger partial charge in [0.15, 0.2) is 6.10 Å². The smallest absolute Gasteiger partial charge is 0.472 e. The molecule has 0 aliphatic rings. The van der Waals surface area contributed by atoms with Gasteiger partial charge in [0.2, 0.25) is 0 Å². The van der Waals surface area contributed by atoms with Crippen molar-refractivity contribution in [2.75, 3.05) is 19.8 Å². The average Bonchev–Trinajstić information content (AvgIpc) is 3.10. The normalized spacial score (nSPS) is 14.4. The van der Waals surface area contributed by atoms with Gasteiger partial charge in [-0.1, -0.05) is 133 Å². The first kappa shape index (κ1) is 48.4. The topological polar surface area (TPSA) is 172 Å². The third-order valence-corrected chi connectivity index (χ3v) is 8.79. The third-order valence-electron chi connectivity index (χ3n) is 7.84. The highest BCUT2D eigenvalue weighted by Crippen LogP contribution is 2.43. The maximum absolute atomic E-state index is 12.5. The number of rotatable bonds is 35. The summed E-state index contributed by atoms with van der Waals surface area (Å²) in [4.78, 5) is 45.7. The molecular formula is C39H68NO10P. The van der Waals surface area contributed by atoms with Gasteiger partial charge in [-0.15, -0.1) is 0 Å². The lowest BCUT2D eigenvalue weighted by molar-refractivity contribution is -0.161. The number of phosphoric ester groups is 1. The molecular weight excluding hydrogens is 673 g/mol. The van der Waals surface area contributed by atoms with Crippen molar-refractivity contribution in [1.82, 2.24) is 0 Å². The molecule has 0 aromatic carbocycles. The molecule has 0 saturated heterocycles. The van der Waals surface area contributed by atoms with Crippen LogP contribution < -0.4 is 5.73 Å². The molecule has 51 heavy (non-hydrogen) atoms. The van der Waals surface area contributed by atoms with Gasteiger partial charge in [-0.05, 0) is 51.4 Å². The fraction of sp³-hybridized carbons (Fsp3) is 0.718. The minimum Gasteiger partial charge on any atom is -0.480 e. The number of aliphatic carboxylic acids is 1. The van der Waals surface area contributed by atoms with Crippen LogP contribution in [0.3, 0.4) is 0 Å². The zero-order valence-corrected chi connectivity index (χ0v) is 32.3. The highest BCUT2D eigenvalue weighted by atomic mass is 31.2. The predicted octanol–water partition coefficient (Wildman–Crippen LogP) is 9.44. The molecule has 0 spiro atoms. The van der Waals surface area contributed by atoms with E-state index in [-0.39, 0.29) is 19.4 Å². The molecule has 12 heteroatoms. The third kappa shape index (κ3) is 34.3. The quantitative estimate of drug-likeness (QED) is 0.0244. The fourth-order valence-corrected chi connectivity index (χ4v) is 5.60. The Hall–Kier alpha value is -2.56. The summed E-state index contributed by atoms with van der Waals surface area (Å²) in [5.74, 6) is -2.44. The maximum Gasteiger partial charge on any atom is 0.472 e. The first-order chi connectivity index (χ1) is 24.6. The lowest BCUT2D eigenvalue weighted by Gasteiger charge is -2.20. The van der Waals surface area contributed by atoms with Crippen LogP contribution in [-0.4, -0.2) is 59.9 Å². The summed E-state index contributed by atoms with van der Waals surface area (Å²) >= 11 is 0. The molecule has 0 aliphatic heterocycles. The molecule has 0 heterocycles. The van der Waals surface area contributed by atoms with Gasteiger partial charge in [-0.3, -0.25) is 23.4 Å². The van der Waals surface area contributed by atoms with Crippen LogP contribution in [-0.2, 0) is 37.5 Å². The second kappa shape index (κ2) is 34.5. The van der Waals surface area contributed by atoms with Crippen molar-refractivity contribution in [3.05, 3.63) is 48.6 Å². The summed E-state index contributed by atoms with van der Waals surface area (Å²) < 4.78 is 32.5.